The summed E-state index contributed by atoms with van der Waals surface area (Å²) in [5.41, 5.74) is 0.678. The van der Waals surface area contributed by atoms with E-state index in [0.717, 1.165) is 12.8 Å². The lowest BCUT2D eigenvalue weighted by Gasteiger charge is -2.36. The number of nitrogens with one attached hydrogen (secondary N) is 1. The van der Waals surface area contributed by atoms with Crippen LogP contribution in [0.15, 0.2) is 24.3 Å². The van der Waals surface area contributed by atoms with E-state index in [-0.39, 0.29) is 24.4 Å². The number of rotatable bonds is 4. The van der Waals surface area contributed by atoms with Gasteiger partial charge in [-0.25, -0.2) is 0 Å². The number of carbonyl (C=O) groups excluding carboxylic acids is 2. The van der Waals surface area contributed by atoms with Crippen LogP contribution in [0.2, 0.25) is 0 Å². The Hall–Kier alpha value is -2.04. The molecule has 1 N–H and O–H groups in total. The van der Waals surface area contributed by atoms with E-state index in [1.165, 1.54) is 6.42 Å². The van der Waals surface area contributed by atoms with Gasteiger partial charge in [0.15, 0.2) is 6.10 Å². The highest BCUT2D eigenvalue weighted by Crippen LogP contribution is 2.34. The number of nitrogens with zero attached hydrogens (tertiary/aromatic N) is 1. The molecule has 1 aliphatic heterocycles. The third-order valence-corrected chi connectivity index (χ3v) is 5.69. The number of hydrogen-bond acceptors (Lipinski definition) is 3. The number of anilines is 1. The fraction of sp³-hybridized carbons (Fsp3) is 0.600. The molecule has 3 rings (SSSR count). The summed E-state index contributed by atoms with van der Waals surface area (Å²) in [5.74, 6) is 1.52. The van der Waals surface area contributed by atoms with Gasteiger partial charge in [0, 0.05) is 6.04 Å². The van der Waals surface area contributed by atoms with Crippen LogP contribution < -0.4 is 15.0 Å². The minimum absolute atomic E-state index is 0.0489. The van der Waals surface area contributed by atoms with Crippen molar-refractivity contribution < 1.29 is 14.3 Å². The maximum absolute atomic E-state index is 12.7. The molecule has 0 radical (unpaired) electrons. The predicted octanol–water partition coefficient (Wildman–Crippen LogP) is 3.13. The van der Waals surface area contributed by atoms with E-state index < -0.39 is 6.10 Å². The third-order valence-electron chi connectivity index (χ3n) is 5.69. The first-order valence-electron chi connectivity index (χ1n) is 9.37. The molecule has 0 bridgehead atoms. The minimum Gasteiger partial charge on any atom is -0.478 e. The largest absolute Gasteiger partial charge is 0.478 e. The van der Waals surface area contributed by atoms with Crippen molar-refractivity contribution in [1.82, 2.24) is 5.32 Å². The Morgan fingerprint density at radius 1 is 1.28 bits per heavy atom. The highest BCUT2D eigenvalue weighted by molar-refractivity contribution is 6.03. The summed E-state index contributed by atoms with van der Waals surface area (Å²) in [6.45, 7) is 6.42. The molecule has 4 atom stereocenters. The molecule has 1 aromatic carbocycles. The quantitative estimate of drug-likeness (QED) is 0.913. The highest BCUT2D eigenvalue weighted by atomic mass is 16.5. The van der Waals surface area contributed by atoms with Crippen LogP contribution in [-0.4, -0.2) is 30.5 Å². The van der Waals surface area contributed by atoms with Crippen molar-refractivity contribution in [2.24, 2.45) is 11.8 Å². The predicted molar refractivity (Wildman–Crippen MR) is 97.6 cm³/mol. The van der Waals surface area contributed by atoms with Crippen molar-refractivity contribution in [3.8, 4) is 5.75 Å². The number of amides is 2. The van der Waals surface area contributed by atoms with Crippen LogP contribution in [0.25, 0.3) is 0 Å². The van der Waals surface area contributed by atoms with Gasteiger partial charge in [-0.1, -0.05) is 45.7 Å². The van der Waals surface area contributed by atoms with E-state index in [4.69, 9.17) is 4.74 Å². The highest BCUT2D eigenvalue weighted by Gasteiger charge is 2.35. The smallest absolute Gasteiger partial charge is 0.268 e. The molecule has 25 heavy (non-hydrogen) atoms. The zero-order valence-corrected chi connectivity index (χ0v) is 15.3. The number of carbonyl (C=O) groups is 2. The summed E-state index contributed by atoms with van der Waals surface area (Å²) in [4.78, 5) is 26.9. The van der Waals surface area contributed by atoms with Crippen molar-refractivity contribution in [2.75, 3.05) is 11.4 Å². The van der Waals surface area contributed by atoms with E-state index >= 15 is 0 Å². The molecule has 0 unspecified atom stereocenters. The van der Waals surface area contributed by atoms with Crippen molar-refractivity contribution in [3.63, 3.8) is 0 Å². The molecule has 0 aromatic heterocycles. The summed E-state index contributed by atoms with van der Waals surface area (Å²) in [7, 11) is 0. The van der Waals surface area contributed by atoms with Crippen molar-refractivity contribution in [3.05, 3.63) is 24.3 Å². The van der Waals surface area contributed by atoms with Crippen molar-refractivity contribution in [1.29, 1.82) is 0 Å². The Labute approximate surface area is 149 Å². The molecule has 5 nitrogen and oxygen atoms in total. The number of hydrogen-bond donors (Lipinski definition) is 1. The molecule has 0 saturated heterocycles. The van der Waals surface area contributed by atoms with Gasteiger partial charge in [0.05, 0.1) is 5.69 Å². The minimum atomic E-state index is -0.517. The second kappa shape index (κ2) is 7.46. The molecular weight excluding hydrogens is 316 g/mol. The van der Waals surface area contributed by atoms with Crippen LogP contribution in [0.1, 0.15) is 46.5 Å². The lowest BCUT2D eigenvalue weighted by Crippen LogP contribution is -2.52. The van der Waals surface area contributed by atoms with Gasteiger partial charge in [0.1, 0.15) is 12.3 Å². The second-order valence-corrected chi connectivity index (χ2v) is 7.35. The molecule has 2 amide bonds. The molecular formula is C20H28N2O3. The lowest BCUT2D eigenvalue weighted by molar-refractivity contribution is -0.129. The van der Waals surface area contributed by atoms with Gasteiger partial charge in [-0.2, -0.15) is 0 Å². The number of para-hydroxylation sites is 2. The lowest BCUT2D eigenvalue weighted by atomic mass is 9.78. The monoisotopic (exact) mass is 344 g/mol. The zero-order chi connectivity index (χ0) is 18.0. The van der Waals surface area contributed by atoms with Crippen LogP contribution in [0.4, 0.5) is 5.69 Å². The number of fused-ring (bicyclic) bond motifs is 1. The molecule has 1 saturated carbocycles. The van der Waals surface area contributed by atoms with Gasteiger partial charge < -0.3 is 10.1 Å². The zero-order valence-electron chi connectivity index (χ0n) is 15.3. The van der Waals surface area contributed by atoms with Gasteiger partial charge in [-0.3, -0.25) is 14.5 Å². The Bertz CT molecular complexity index is 646. The van der Waals surface area contributed by atoms with E-state index in [1.807, 2.05) is 31.2 Å². The number of ether oxygens (including phenoxy) is 1. The van der Waals surface area contributed by atoms with Crippen LogP contribution in [0, 0.1) is 11.8 Å². The second-order valence-electron chi connectivity index (χ2n) is 7.35. The summed E-state index contributed by atoms with van der Waals surface area (Å²) < 4.78 is 5.76. The number of benzene rings is 1. The van der Waals surface area contributed by atoms with Crippen LogP contribution in [-0.2, 0) is 9.59 Å². The average molecular weight is 344 g/mol. The average Bonchev–Trinajstić information content (AvgIpc) is 2.61. The van der Waals surface area contributed by atoms with Gasteiger partial charge in [-0.05, 0) is 36.8 Å². The van der Waals surface area contributed by atoms with Crippen LogP contribution >= 0.6 is 0 Å². The van der Waals surface area contributed by atoms with Crippen molar-refractivity contribution in [2.45, 2.75) is 58.6 Å². The molecule has 1 fully saturated rings. The van der Waals surface area contributed by atoms with Gasteiger partial charge in [-0.15, -0.1) is 0 Å². The van der Waals surface area contributed by atoms with E-state index in [1.54, 1.807) is 4.90 Å². The Morgan fingerprint density at radius 3 is 2.80 bits per heavy atom. The summed E-state index contributed by atoms with van der Waals surface area (Å²) in [6.07, 6.45) is 3.45. The fourth-order valence-electron chi connectivity index (χ4n) is 3.88. The molecule has 5 heteroatoms. The Balaban J connectivity index is 1.72. The van der Waals surface area contributed by atoms with Gasteiger partial charge >= 0.3 is 0 Å². The molecule has 1 aromatic rings. The summed E-state index contributed by atoms with van der Waals surface area (Å²) >= 11 is 0. The maximum atomic E-state index is 12.7. The van der Waals surface area contributed by atoms with Crippen LogP contribution in [0.3, 0.4) is 0 Å². The van der Waals surface area contributed by atoms with Crippen LogP contribution in [0.5, 0.6) is 5.75 Å². The topological polar surface area (TPSA) is 58.6 Å². The summed E-state index contributed by atoms with van der Waals surface area (Å²) in [6, 6.07) is 7.62. The van der Waals surface area contributed by atoms with Gasteiger partial charge in [0.25, 0.3) is 5.91 Å². The molecule has 1 heterocycles. The first-order valence-corrected chi connectivity index (χ1v) is 9.37. The SMILES string of the molecule is CC[C@@H]1Oc2ccccc2N(CC(=O)N[C@@H]2CCC[C@@H](C)[C@H]2C)C1=O. The Morgan fingerprint density at radius 2 is 2.04 bits per heavy atom. The molecule has 1 aliphatic carbocycles. The first kappa shape index (κ1) is 17.8. The van der Waals surface area contributed by atoms with Gasteiger partial charge in [0.2, 0.25) is 5.91 Å². The van der Waals surface area contributed by atoms with E-state index in [0.29, 0.717) is 29.7 Å². The fourth-order valence-corrected chi connectivity index (χ4v) is 3.88. The molecule has 0 spiro atoms. The first-order chi connectivity index (χ1) is 12.0. The maximum Gasteiger partial charge on any atom is 0.268 e. The molecule has 2 aliphatic rings. The van der Waals surface area contributed by atoms with E-state index in [9.17, 15) is 9.59 Å². The van der Waals surface area contributed by atoms with Crippen molar-refractivity contribution >= 4 is 17.5 Å². The normalized spacial score (nSPS) is 28.9. The standard InChI is InChI=1S/C20H28N2O3/c1-4-17-20(24)22(16-10-5-6-11-18(16)25-17)12-19(23)21-15-9-7-8-13(2)14(15)3/h5-6,10-11,13-15,17H,4,7-9,12H2,1-3H3,(H,21,23)/t13-,14-,15-,17+/m1/s1. The third kappa shape index (κ3) is 3.65. The summed E-state index contributed by atoms with van der Waals surface area (Å²) in [5, 5.41) is 3.16. The Kier molecular flexibility index (Phi) is 5.30. The van der Waals surface area contributed by atoms with E-state index in [2.05, 4.69) is 19.2 Å². The molecule has 136 valence electrons.